The van der Waals surface area contributed by atoms with Crippen molar-refractivity contribution in [1.29, 1.82) is 5.26 Å². The maximum atomic E-state index is 12.6. The molecular weight excluding hydrogens is 288 g/mol. The standard InChI is InChI=1S/C15H20N2O3S/c1-11-9-15(4-3-14(11)10-16)21(19,20)17-7-5-13(6-8-17)12(2)18/h3-4,9,12-13,18H,5-8H2,1-2H3. The summed E-state index contributed by atoms with van der Waals surface area (Å²) in [6.45, 7) is 4.34. The van der Waals surface area contributed by atoms with Gasteiger partial charge in [0.05, 0.1) is 22.6 Å². The van der Waals surface area contributed by atoms with Gasteiger partial charge in [0.1, 0.15) is 0 Å². The van der Waals surface area contributed by atoms with Gasteiger partial charge in [-0.3, -0.25) is 0 Å². The van der Waals surface area contributed by atoms with Crippen LogP contribution in [0.25, 0.3) is 0 Å². The molecule has 1 aromatic carbocycles. The number of nitriles is 1. The van der Waals surface area contributed by atoms with Crippen molar-refractivity contribution < 1.29 is 13.5 Å². The summed E-state index contributed by atoms with van der Waals surface area (Å²) in [7, 11) is -3.52. The van der Waals surface area contributed by atoms with Crippen LogP contribution in [0.5, 0.6) is 0 Å². The number of benzene rings is 1. The highest BCUT2D eigenvalue weighted by Crippen LogP contribution is 2.26. The number of aliphatic hydroxyl groups is 1. The maximum absolute atomic E-state index is 12.6. The predicted octanol–water partition coefficient (Wildman–Crippen LogP) is 1.65. The molecule has 5 nitrogen and oxygen atoms in total. The molecule has 1 aliphatic rings. The predicted molar refractivity (Wildman–Crippen MR) is 79.1 cm³/mol. The molecule has 0 saturated carbocycles. The van der Waals surface area contributed by atoms with Crippen molar-refractivity contribution >= 4 is 10.0 Å². The Morgan fingerprint density at radius 1 is 1.38 bits per heavy atom. The van der Waals surface area contributed by atoms with Crippen molar-refractivity contribution in [2.24, 2.45) is 5.92 Å². The number of aryl methyl sites for hydroxylation is 1. The zero-order valence-corrected chi connectivity index (χ0v) is 13.1. The zero-order chi connectivity index (χ0) is 15.6. The molecule has 1 heterocycles. The Balaban J connectivity index is 2.20. The van der Waals surface area contributed by atoms with Gasteiger partial charge in [0, 0.05) is 13.1 Å². The number of rotatable bonds is 3. The fourth-order valence-corrected chi connectivity index (χ4v) is 4.23. The molecule has 1 atom stereocenters. The second-order valence-electron chi connectivity index (χ2n) is 5.57. The number of nitrogens with zero attached hydrogens (tertiary/aromatic N) is 2. The first-order chi connectivity index (χ1) is 9.86. The van der Waals surface area contributed by atoms with Crippen molar-refractivity contribution in [3.05, 3.63) is 29.3 Å². The van der Waals surface area contributed by atoms with Crippen LogP contribution in [0.1, 0.15) is 30.9 Å². The lowest BCUT2D eigenvalue weighted by molar-refractivity contribution is 0.0912. The smallest absolute Gasteiger partial charge is 0.243 e. The lowest BCUT2D eigenvalue weighted by Gasteiger charge is -2.32. The summed E-state index contributed by atoms with van der Waals surface area (Å²) < 4.78 is 26.7. The number of aliphatic hydroxyl groups excluding tert-OH is 1. The first-order valence-electron chi connectivity index (χ1n) is 7.05. The van der Waals surface area contributed by atoms with Crippen LogP contribution in [0, 0.1) is 24.2 Å². The van der Waals surface area contributed by atoms with Gasteiger partial charge in [0.15, 0.2) is 0 Å². The number of hydrogen-bond donors (Lipinski definition) is 1. The van der Waals surface area contributed by atoms with E-state index in [1.165, 1.54) is 10.4 Å². The maximum Gasteiger partial charge on any atom is 0.243 e. The summed E-state index contributed by atoms with van der Waals surface area (Å²) in [4.78, 5) is 0.231. The third kappa shape index (κ3) is 3.26. The van der Waals surface area contributed by atoms with Crippen LogP contribution in [-0.2, 0) is 10.0 Å². The van der Waals surface area contributed by atoms with Crippen LogP contribution < -0.4 is 0 Å². The zero-order valence-electron chi connectivity index (χ0n) is 12.3. The summed E-state index contributed by atoms with van der Waals surface area (Å²) in [6.07, 6.45) is 0.949. The molecule has 0 aromatic heterocycles. The van der Waals surface area contributed by atoms with Gasteiger partial charge < -0.3 is 5.11 Å². The summed E-state index contributed by atoms with van der Waals surface area (Å²) in [5.74, 6) is 0.166. The quantitative estimate of drug-likeness (QED) is 0.920. The van der Waals surface area contributed by atoms with Gasteiger partial charge in [-0.05, 0) is 56.4 Å². The van der Waals surface area contributed by atoms with E-state index in [4.69, 9.17) is 5.26 Å². The average Bonchev–Trinajstić information content (AvgIpc) is 2.47. The first kappa shape index (κ1) is 16.0. The van der Waals surface area contributed by atoms with Crippen molar-refractivity contribution in [3.8, 4) is 6.07 Å². The Bertz CT molecular complexity index is 654. The van der Waals surface area contributed by atoms with Gasteiger partial charge in [-0.2, -0.15) is 9.57 Å². The van der Waals surface area contributed by atoms with E-state index >= 15 is 0 Å². The third-order valence-electron chi connectivity index (χ3n) is 4.14. The van der Waals surface area contributed by atoms with Crippen LogP contribution in [0.4, 0.5) is 0 Å². The molecule has 2 rings (SSSR count). The summed E-state index contributed by atoms with van der Waals surface area (Å²) in [5, 5.41) is 18.5. The van der Waals surface area contributed by atoms with E-state index in [1.807, 2.05) is 6.07 Å². The summed E-state index contributed by atoms with van der Waals surface area (Å²) >= 11 is 0. The van der Waals surface area contributed by atoms with Crippen LogP contribution in [0.2, 0.25) is 0 Å². The fourth-order valence-electron chi connectivity index (χ4n) is 2.67. The van der Waals surface area contributed by atoms with Gasteiger partial charge in [-0.25, -0.2) is 8.42 Å². The Morgan fingerprint density at radius 3 is 2.48 bits per heavy atom. The third-order valence-corrected chi connectivity index (χ3v) is 6.03. The monoisotopic (exact) mass is 308 g/mol. The van der Waals surface area contributed by atoms with Gasteiger partial charge in [-0.15, -0.1) is 0 Å². The number of hydrogen-bond acceptors (Lipinski definition) is 4. The van der Waals surface area contributed by atoms with Crippen LogP contribution in [0.15, 0.2) is 23.1 Å². The van der Waals surface area contributed by atoms with E-state index in [-0.39, 0.29) is 10.8 Å². The van der Waals surface area contributed by atoms with Crippen LogP contribution in [0.3, 0.4) is 0 Å². The highest BCUT2D eigenvalue weighted by atomic mass is 32.2. The summed E-state index contributed by atoms with van der Waals surface area (Å²) in [5.41, 5.74) is 1.15. The normalized spacial score (nSPS) is 19.1. The second-order valence-corrected chi connectivity index (χ2v) is 7.51. The lowest BCUT2D eigenvalue weighted by Crippen LogP contribution is -2.40. The van der Waals surface area contributed by atoms with Gasteiger partial charge in [0.2, 0.25) is 10.0 Å². The van der Waals surface area contributed by atoms with E-state index in [1.54, 1.807) is 26.0 Å². The van der Waals surface area contributed by atoms with Crippen LogP contribution in [-0.4, -0.2) is 37.0 Å². The molecular formula is C15H20N2O3S. The van der Waals surface area contributed by atoms with Gasteiger partial charge >= 0.3 is 0 Å². The average molecular weight is 308 g/mol. The number of piperidine rings is 1. The Kier molecular flexibility index (Phi) is 4.67. The molecule has 1 saturated heterocycles. The Morgan fingerprint density at radius 2 is 2.00 bits per heavy atom. The van der Waals surface area contributed by atoms with E-state index in [2.05, 4.69) is 0 Å². The van der Waals surface area contributed by atoms with E-state index in [0.717, 1.165) is 0 Å². The van der Waals surface area contributed by atoms with Gasteiger partial charge in [-0.1, -0.05) is 0 Å². The molecule has 0 spiro atoms. The molecule has 6 heteroatoms. The number of sulfonamides is 1. The van der Waals surface area contributed by atoms with Crippen molar-refractivity contribution in [2.75, 3.05) is 13.1 Å². The van der Waals surface area contributed by atoms with E-state index < -0.39 is 16.1 Å². The minimum atomic E-state index is -3.52. The van der Waals surface area contributed by atoms with Crippen molar-refractivity contribution in [3.63, 3.8) is 0 Å². The molecule has 0 bridgehead atoms. The molecule has 114 valence electrons. The van der Waals surface area contributed by atoms with Gasteiger partial charge in [0.25, 0.3) is 0 Å². The molecule has 0 amide bonds. The van der Waals surface area contributed by atoms with Crippen molar-refractivity contribution in [2.45, 2.75) is 37.7 Å². The second kappa shape index (κ2) is 6.14. The van der Waals surface area contributed by atoms with Crippen LogP contribution >= 0.6 is 0 Å². The summed E-state index contributed by atoms with van der Waals surface area (Å²) in [6, 6.07) is 6.62. The van der Waals surface area contributed by atoms with Crippen molar-refractivity contribution in [1.82, 2.24) is 4.31 Å². The minimum Gasteiger partial charge on any atom is -0.393 e. The highest BCUT2D eigenvalue weighted by Gasteiger charge is 2.31. The Labute approximate surface area is 125 Å². The highest BCUT2D eigenvalue weighted by molar-refractivity contribution is 7.89. The molecule has 1 fully saturated rings. The molecule has 1 aliphatic heterocycles. The molecule has 1 aromatic rings. The molecule has 0 radical (unpaired) electrons. The largest absolute Gasteiger partial charge is 0.393 e. The lowest BCUT2D eigenvalue weighted by atomic mass is 9.93. The Hall–Kier alpha value is -1.42. The molecule has 0 aliphatic carbocycles. The molecule has 21 heavy (non-hydrogen) atoms. The fraction of sp³-hybridized carbons (Fsp3) is 0.533. The first-order valence-corrected chi connectivity index (χ1v) is 8.49. The molecule has 1 N–H and O–H groups in total. The topological polar surface area (TPSA) is 81.4 Å². The van der Waals surface area contributed by atoms with E-state index in [9.17, 15) is 13.5 Å². The molecule has 1 unspecified atom stereocenters. The van der Waals surface area contributed by atoms with E-state index in [0.29, 0.717) is 37.1 Å². The minimum absolute atomic E-state index is 0.166. The SMILES string of the molecule is Cc1cc(S(=O)(=O)N2CCC(C(C)O)CC2)ccc1C#N.